The summed E-state index contributed by atoms with van der Waals surface area (Å²) in [6.07, 6.45) is 5.68. The van der Waals surface area contributed by atoms with E-state index in [0.29, 0.717) is 0 Å². The van der Waals surface area contributed by atoms with Gasteiger partial charge in [0.2, 0.25) is 0 Å². The highest BCUT2D eigenvalue weighted by Gasteiger charge is 2.22. The molecule has 0 aliphatic carbocycles. The van der Waals surface area contributed by atoms with Crippen LogP contribution in [0.3, 0.4) is 0 Å². The number of aliphatic hydroxyl groups is 1. The van der Waals surface area contributed by atoms with Crippen molar-refractivity contribution in [1.29, 1.82) is 0 Å². The molecule has 1 aliphatic rings. The second kappa shape index (κ2) is 9.72. The van der Waals surface area contributed by atoms with Gasteiger partial charge in [0.1, 0.15) is 0 Å². The lowest BCUT2D eigenvalue weighted by Crippen LogP contribution is -2.46. The molecule has 1 heterocycles. The Hall–Kier alpha value is -0.160. The third-order valence-electron chi connectivity index (χ3n) is 4.33. The molecule has 0 saturated carbocycles. The zero-order valence-electron chi connectivity index (χ0n) is 13.7. The molecule has 0 aromatic rings. The van der Waals surface area contributed by atoms with Crippen LogP contribution in [0.25, 0.3) is 0 Å². The SMILES string of the molecule is CCCNC(C)(CO)CCCN(C)CC1CCOCC1. The van der Waals surface area contributed by atoms with Gasteiger partial charge in [-0.25, -0.2) is 0 Å². The summed E-state index contributed by atoms with van der Waals surface area (Å²) < 4.78 is 5.40. The Bertz CT molecular complexity index is 245. The Morgan fingerprint density at radius 3 is 2.65 bits per heavy atom. The second-order valence-electron chi connectivity index (χ2n) is 6.57. The number of ether oxygens (including phenoxy) is 1. The molecule has 20 heavy (non-hydrogen) atoms. The molecule has 1 aliphatic heterocycles. The molecule has 0 aromatic heterocycles. The van der Waals surface area contributed by atoms with Crippen LogP contribution in [0.15, 0.2) is 0 Å². The molecule has 0 aromatic carbocycles. The van der Waals surface area contributed by atoms with Crippen LogP contribution in [-0.4, -0.2) is 62.0 Å². The van der Waals surface area contributed by atoms with Gasteiger partial charge in [-0.15, -0.1) is 0 Å². The largest absolute Gasteiger partial charge is 0.394 e. The number of hydrogen-bond donors (Lipinski definition) is 2. The van der Waals surface area contributed by atoms with Crippen molar-refractivity contribution in [2.45, 2.75) is 51.5 Å². The average Bonchev–Trinajstić information content (AvgIpc) is 2.46. The first-order valence-corrected chi connectivity index (χ1v) is 8.22. The number of nitrogens with one attached hydrogen (secondary N) is 1. The van der Waals surface area contributed by atoms with Crippen molar-refractivity contribution in [3.05, 3.63) is 0 Å². The molecule has 0 radical (unpaired) electrons. The van der Waals surface area contributed by atoms with Gasteiger partial charge in [0, 0.05) is 25.3 Å². The van der Waals surface area contributed by atoms with Gasteiger partial charge in [-0.3, -0.25) is 0 Å². The van der Waals surface area contributed by atoms with E-state index in [1.807, 2.05) is 0 Å². The molecule has 1 unspecified atom stereocenters. The van der Waals surface area contributed by atoms with Crippen LogP contribution in [-0.2, 0) is 4.74 Å². The van der Waals surface area contributed by atoms with Crippen LogP contribution in [0.2, 0.25) is 0 Å². The van der Waals surface area contributed by atoms with E-state index in [1.165, 1.54) is 19.4 Å². The van der Waals surface area contributed by atoms with Crippen LogP contribution in [0, 0.1) is 5.92 Å². The van der Waals surface area contributed by atoms with Crippen molar-refractivity contribution >= 4 is 0 Å². The standard InChI is InChI=1S/C16H34N2O2/c1-4-9-17-16(2,14-19)8-5-10-18(3)13-15-6-11-20-12-7-15/h15,17,19H,4-14H2,1-3H3. The maximum atomic E-state index is 9.55. The number of rotatable bonds is 10. The third-order valence-corrected chi connectivity index (χ3v) is 4.33. The Morgan fingerprint density at radius 2 is 2.05 bits per heavy atom. The average molecular weight is 286 g/mol. The lowest BCUT2D eigenvalue weighted by Gasteiger charge is -2.31. The number of nitrogens with zero attached hydrogens (tertiary/aromatic N) is 1. The van der Waals surface area contributed by atoms with Gasteiger partial charge in [0.25, 0.3) is 0 Å². The maximum absolute atomic E-state index is 9.55. The van der Waals surface area contributed by atoms with Crippen LogP contribution < -0.4 is 5.32 Å². The predicted octanol–water partition coefficient (Wildman–Crippen LogP) is 1.88. The Balaban J connectivity index is 2.17. The summed E-state index contributed by atoms with van der Waals surface area (Å²) in [4.78, 5) is 2.44. The van der Waals surface area contributed by atoms with Crippen molar-refractivity contribution in [2.24, 2.45) is 5.92 Å². The van der Waals surface area contributed by atoms with E-state index in [-0.39, 0.29) is 12.1 Å². The van der Waals surface area contributed by atoms with E-state index >= 15 is 0 Å². The summed E-state index contributed by atoms with van der Waals surface area (Å²) in [6, 6.07) is 0. The minimum atomic E-state index is -0.116. The Kier molecular flexibility index (Phi) is 8.69. The van der Waals surface area contributed by atoms with Crippen molar-refractivity contribution in [3.8, 4) is 0 Å². The Labute approximate surface area is 124 Å². The van der Waals surface area contributed by atoms with E-state index in [9.17, 15) is 5.11 Å². The summed E-state index contributed by atoms with van der Waals surface area (Å²) in [7, 11) is 2.21. The molecular weight excluding hydrogens is 252 g/mol. The topological polar surface area (TPSA) is 44.7 Å². The molecule has 1 rings (SSSR count). The molecule has 0 bridgehead atoms. The van der Waals surface area contributed by atoms with E-state index in [1.54, 1.807) is 0 Å². The first-order valence-electron chi connectivity index (χ1n) is 8.22. The first kappa shape index (κ1) is 17.9. The zero-order chi connectivity index (χ0) is 14.8. The first-order chi connectivity index (χ1) is 9.59. The number of hydrogen-bond acceptors (Lipinski definition) is 4. The molecule has 4 heteroatoms. The molecule has 1 fully saturated rings. The van der Waals surface area contributed by atoms with Crippen molar-refractivity contribution in [2.75, 3.05) is 46.5 Å². The predicted molar refractivity (Wildman–Crippen MR) is 84.1 cm³/mol. The summed E-state index contributed by atoms with van der Waals surface area (Å²) in [6.45, 7) is 9.64. The van der Waals surface area contributed by atoms with E-state index < -0.39 is 0 Å². The minimum Gasteiger partial charge on any atom is -0.394 e. The van der Waals surface area contributed by atoms with Gasteiger partial charge < -0.3 is 20.1 Å². The van der Waals surface area contributed by atoms with Gasteiger partial charge >= 0.3 is 0 Å². The molecule has 0 amide bonds. The lowest BCUT2D eigenvalue weighted by atomic mass is 9.96. The van der Waals surface area contributed by atoms with E-state index in [4.69, 9.17) is 4.74 Å². The van der Waals surface area contributed by atoms with Gasteiger partial charge in [-0.1, -0.05) is 6.92 Å². The minimum absolute atomic E-state index is 0.116. The molecular formula is C16H34N2O2. The van der Waals surface area contributed by atoms with Crippen LogP contribution in [0.5, 0.6) is 0 Å². The third kappa shape index (κ3) is 7.02. The fraction of sp³-hybridized carbons (Fsp3) is 1.00. The van der Waals surface area contributed by atoms with Gasteiger partial charge in [0.15, 0.2) is 0 Å². The summed E-state index contributed by atoms with van der Waals surface area (Å²) in [5.74, 6) is 0.802. The maximum Gasteiger partial charge on any atom is 0.0610 e. The molecule has 1 saturated heterocycles. The highest BCUT2D eigenvalue weighted by Crippen LogP contribution is 2.17. The van der Waals surface area contributed by atoms with E-state index in [2.05, 4.69) is 31.1 Å². The second-order valence-corrected chi connectivity index (χ2v) is 6.57. The molecule has 0 spiro atoms. The van der Waals surface area contributed by atoms with E-state index in [0.717, 1.165) is 51.5 Å². The monoisotopic (exact) mass is 286 g/mol. The highest BCUT2D eigenvalue weighted by atomic mass is 16.5. The molecule has 2 N–H and O–H groups in total. The number of aliphatic hydroxyl groups excluding tert-OH is 1. The van der Waals surface area contributed by atoms with Gasteiger partial charge in [-0.05, 0) is 65.1 Å². The smallest absolute Gasteiger partial charge is 0.0610 e. The quantitative estimate of drug-likeness (QED) is 0.643. The van der Waals surface area contributed by atoms with Crippen LogP contribution in [0.1, 0.15) is 46.0 Å². The Morgan fingerprint density at radius 1 is 1.35 bits per heavy atom. The lowest BCUT2D eigenvalue weighted by molar-refractivity contribution is 0.0551. The van der Waals surface area contributed by atoms with Crippen molar-refractivity contribution in [3.63, 3.8) is 0 Å². The summed E-state index contributed by atoms with van der Waals surface area (Å²) in [5, 5.41) is 13.0. The normalized spacial score (nSPS) is 20.2. The molecule has 120 valence electrons. The van der Waals surface area contributed by atoms with Gasteiger partial charge in [0.05, 0.1) is 6.61 Å². The van der Waals surface area contributed by atoms with Crippen LogP contribution in [0.4, 0.5) is 0 Å². The summed E-state index contributed by atoms with van der Waals surface area (Å²) >= 11 is 0. The fourth-order valence-electron chi connectivity index (χ4n) is 2.85. The zero-order valence-corrected chi connectivity index (χ0v) is 13.7. The van der Waals surface area contributed by atoms with Crippen LogP contribution >= 0.6 is 0 Å². The summed E-state index contributed by atoms with van der Waals surface area (Å²) in [5.41, 5.74) is -0.116. The van der Waals surface area contributed by atoms with Gasteiger partial charge in [-0.2, -0.15) is 0 Å². The van der Waals surface area contributed by atoms with Crippen molar-refractivity contribution < 1.29 is 9.84 Å². The van der Waals surface area contributed by atoms with Crippen molar-refractivity contribution in [1.82, 2.24) is 10.2 Å². The molecule has 1 atom stereocenters. The molecule has 4 nitrogen and oxygen atoms in total. The fourth-order valence-corrected chi connectivity index (χ4v) is 2.85. The highest BCUT2D eigenvalue weighted by molar-refractivity contribution is 4.82.